The molecular formula is C26H24N4O6. The van der Waals surface area contributed by atoms with E-state index >= 15 is 0 Å². The smallest absolute Gasteiger partial charge is 0.271 e. The average molecular weight is 489 g/mol. The van der Waals surface area contributed by atoms with Crippen molar-refractivity contribution in [2.24, 2.45) is 5.92 Å². The number of anilines is 3. The first-order valence-corrected chi connectivity index (χ1v) is 11.3. The predicted molar refractivity (Wildman–Crippen MR) is 133 cm³/mol. The number of hydroxylamine groups is 1. The van der Waals surface area contributed by atoms with Crippen LogP contribution in [0.25, 0.3) is 0 Å². The second-order valence-corrected chi connectivity index (χ2v) is 8.80. The number of nitro groups is 1. The Bertz CT molecular complexity index is 1330. The lowest BCUT2D eigenvalue weighted by atomic mass is 9.90. The molecule has 2 heterocycles. The zero-order chi connectivity index (χ0) is 25.6. The van der Waals surface area contributed by atoms with Crippen LogP contribution in [0.4, 0.5) is 22.7 Å². The summed E-state index contributed by atoms with van der Waals surface area (Å²) in [6, 6.07) is 19.5. The predicted octanol–water partition coefficient (Wildman–Crippen LogP) is 3.72. The van der Waals surface area contributed by atoms with E-state index in [1.54, 1.807) is 36.4 Å². The van der Waals surface area contributed by atoms with Crippen molar-refractivity contribution in [3.63, 3.8) is 0 Å². The Morgan fingerprint density at radius 2 is 1.64 bits per heavy atom. The summed E-state index contributed by atoms with van der Waals surface area (Å²) in [5.41, 5.74) is 2.40. The van der Waals surface area contributed by atoms with Gasteiger partial charge in [0.2, 0.25) is 5.91 Å². The second kappa shape index (κ2) is 8.97. The fraction of sp³-hybridized carbons (Fsp3) is 0.231. The van der Waals surface area contributed by atoms with Crippen LogP contribution in [-0.2, 0) is 14.4 Å². The van der Waals surface area contributed by atoms with Gasteiger partial charge < -0.3 is 9.64 Å². The van der Waals surface area contributed by atoms with Crippen molar-refractivity contribution in [3.05, 3.63) is 88.5 Å². The number of carbonyl (C=O) groups is 2. The normalized spacial score (nSPS) is 21.0. The zero-order valence-corrected chi connectivity index (χ0v) is 19.9. The Morgan fingerprint density at radius 1 is 0.944 bits per heavy atom. The molecule has 2 aliphatic rings. The van der Waals surface area contributed by atoms with E-state index in [2.05, 4.69) is 0 Å². The fourth-order valence-electron chi connectivity index (χ4n) is 4.68. The summed E-state index contributed by atoms with van der Waals surface area (Å²) in [5.74, 6) is -1.13. The van der Waals surface area contributed by atoms with Gasteiger partial charge in [-0.3, -0.25) is 24.5 Å². The quantitative estimate of drug-likeness (QED) is 0.294. The van der Waals surface area contributed by atoms with Crippen molar-refractivity contribution in [2.45, 2.75) is 12.1 Å². The lowest BCUT2D eigenvalue weighted by Gasteiger charge is -2.29. The van der Waals surface area contributed by atoms with Crippen LogP contribution in [0.3, 0.4) is 0 Å². The maximum atomic E-state index is 13.7. The number of methoxy groups -OCH3 is 1. The molecule has 0 aromatic heterocycles. The van der Waals surface area contributed by atoms with E-state index in [-0.39, 0.29) is 5.69 Å². The third kappa shape index (κ3) is 3.81. The van der Waals surface area contributed by atoms with Gasteiger partial charge in [-0.2, -0.15) is 0 Å². The Hall–Kier alpha value is -4.44. The molecule has 3 unspecified atom stereocenters. The molecule has 0 saturated carbocycles. The molecule has 0 bridgehead atoms. The number of carbonyl (C=O) groups excluding carboxylic acids is 2. The van der Waals surface area contributed by atoms with Gasteiger partial charge in [-0.15, -0.1) is 0 Å². The largest absolute Gasteiger partial charge is 0.497 e. The highest BCUT2D eigenvalue weighted by atomic mass is 16.7. The van der Waals surface area contributed by atoms with Gasteiger partial charge >= 0.3 is 0 Å². The van der Waals surface area contributed by atoms with Crippen molar-refractivity contribution in [1.29, 1.82) is 0 Å². The van der Waals surface area contributed by atoms with Crippen LogP contribution in [0.15, 0.2) is 72.8 Å². The highest BCUT2D eigenvalue weighted by Gasteiger charge is 2.60. The molecule has 2 fully saturated rings. The molecule has 3 aromatic rings. The number of benzene rings is 3. The van der Waals surface area contributed by atoms with E-state index in [1.165, 1.54) is 24.3 Å². The molecule has 2 saturated heterocycles. The zero-order valence-electron chi connectivity index (χ0n) is 19.9. The van der Waals surface area contributed by atoms with Crippen LogP contribution in [0.2, 0.25) is 0 Å². The molecular weight excluding hydrogens is 464 g/mol. The minimum Gasteiger partial charge on any atom is -0.497 e. The molecule has 0 aliphatic carbocycles. The van der Waals surface area contributed by atoms with E-state index in [0.717, 1.165) is 16.2 Å². The molecule has 2 amide bonds. The van der Waals surface area contributed by atoms with Gasteiger partial charge in [-0.05, 0) is 48.0 Å². The summed E-state index contributed by atoms with van der Waals surface area (Å²) in [6.45, 7) is 0. The molecule has 5 rings (SSSR count). The molecule has 10 nitrogen and oxygen atoms in total. The number of rotatable bonds is 6. The Labute approximate surface area is 207 Å². The number of non-ortho nitro benzene ring substituents is 1. The summed E-state index contributed by atoms with van der Waals surface area (Å²) in [4.78, 5) is 47.2. The summed E-state index contributed by atoms with van der Waals surface area (Å²) >= 11 is 0. The van der Waals surface area contributed by atoms with Crippen molar-refractivity contribution >= 4 is 34.6 Å². The van der Waals surface area contributed by atoms with Crippen LogP contribution in [0.1, 0.15) is 11.6 Å². The first-order chi connectivity index (χ1) is 17.3. The number of imide groups is 1. The van der Waals surface area contributed by atoms with Gasteiger partial charge in [0.1, 0.15) is 11.7 Å². The fourth-order valence-corrected chi connectivity index (χ4v) is 4.68. The van der Waals surface area contributed by atoms with Gasteiger partial charge in [0.25, 0.3) is 11.6 Å². The minimum absolute atomic E-state index is 0.118. The topological polar surface area (TPSA) is 105 Å². The van der Waals surface area contributed by atoms with Crippen molar-refractivity contribution in [2.75, 3.05) is 36.1 Å². The third-order valence-electron chi connectivity index (χ3n) is 6.49. The maximum absolute atomic E-state index is 13.7. The highest BCUT2D eigenvalue weighted by molar-refractivity contribution is 6.23. The van der Waals surface area contributed by atoms with E-state index in [4.69, 9.17) is 9.57 Å². The lowest BCUT2D eigenvalue weighted by molar-refractivity contribution is -0.384. The number of amides is 2. The molecule has 10 heteroatoms. The number of nitro benzene ring substituents is 1. The van der Waals surface area contributed by atoms with Crippen molar-refractivity contribution < 1.29 is 24.1 Å². The highest BCUT2D eigenvalue weighted by Crippen LogP contribution is 2.48. The molecule has 184 valence electrons. The van der Waals surface area contributed by atoms with E-state index in [9.17, 15) is 19.7 Å². The molecule has 2 aliphatic heterocycles. The Kier molecular flexibility index (Phi) is 5.81. The Balaban J connectivity index is 1.57. The first-order valence-electron chi connectivity index (χ1n) is 11.3. The van der Waals surface area contributed by atoms with Crippen molar-refractivity contribution in [1.82, 2.24) is 0 Å². The molecule has 3 atom stereocenters. The third-order valence-corrected chi connectivity index (χ3v) is 6.49. The van der Waals surface area contributed by atoms with Gasteiger partial charge in [0.05, 0.1) is 29.4 Å². The van der Waals surface area contributed by atoms with Gasteiger partial charge in [0, 0.05) is 31.9 Å². The summed E-state index contributed by atoms with van der Waals surface area (Å²) < 4.78 is 5.18. The average Bonchev–Trinajstić information content (AvgIpc) is 3.40. The summed E-state index contributed by atoms with van der Waals surface area (Å²) in [5, 5.41) is 12.8. The monoisotopic (exact) mass is 488 g/mol. The number of ether oxygens (including phenoxy) is 1. The van der Waals surface area contributed by atoms with E-state index in [0.29, 0.717) is 17.1 Å². The minimum atomic E-state index is -1.07. The summed E-state index contributed by atoms with van der Waals surface area (Å²) in [6.07, 6.45) is -1.07. The van der Waals surface area contributed by atoms with Gasteiger partial charge in [-0.1, -0.05) is 18.2 Å². The number of hydrogen-bond donors (Lipinski definition) is 0. The van der Waals surface area contributed by atoms with Crippen LogP contribution >= 0.6 is 0 Å². The molecule has 3 aromatic carbocycles. The van der Waals surface area contributed by atoms with Gasteiger partial charge in [0.15, 0.2) is 6.10 Å². The lowest BCUT2D eigenvalue weighted by Crippen LogP contribution is -2.37. The number of fused-ring (bicyclic) bond motifs is 1. The first kappa shape index (κ1) is 23.3. The molecule has 0 N–H and O–H groups in total. The number of hydrogen-bond acceptors (Lipinski definition) is 8. The van der Waals surface area contributed by atoms with Crippen LogP contribution < -0.4 is 19.6 Å². The van der Waals surface area contributed by atoms with Crippen LogP contribution in [0, 0.1) is 16.0 Å². The van der Waals surface area contributed by atoms with Crippen LogP contribution in [-0.4, -0.2) is 44.0 Å². The van der Waals surface area contributed by atoms with Gasteiger partial charge in [-0.25, -0.2) is 9.96 Å². The van der Waals surface area contributed by atoms with Crippen LogP contribution in [0.5, 0.6) is 5.75 Å². The van der Waals surface area contributed by atoms with E-state index < -0.39 is 34.8 Å². The number of nitrogens with zero attached hydrogens (tertiary/aromatic N) is 4. The standard InChI is InChI=1S/C26H24N4O6/c1-27(2)17-9-7-16(8-10-17)23-22-24(36-29(23)19-5-4-6-20(15-19)30(33)34)26(32)28(25(22)31)18-11-13-21(35-3)14-12-18/h4-15,22-24H,1-3H3. The molecule has 0 radical (unpaired) electrons. The second-order valence-electron chi connectivity index (χ2n) is 8.80. The van der Waals surface area contributed by atoms with Crippen molar-refractivity contribution in [3.8, 4) is 5.75 Å². The van der Waals surface area contributed by atoms with E-state index in [1.807, 2.05) is 43.3 Å². The maximum Gasteiger partial charge on any atom is 0.271 e. The molecule has 0 spiro atoms. The SMILES string of the molecule is COc1ccc(N2C(=O)C3ON(c4cccc([N+](=O)[O-])c4)C(c4ccc(N(C)C)cc4)C3C2=O)cc1. The molecule has 36 heavy (non-hydrogen) atoms. The summed E-state index contributed by atoms with van der Waals surface area (Å²) in [7, 11) is 5.38. The Morgan fingerprint density at radius 3 is 2.25 bits per heavy atom.